The zero-order valence-corrected chi connectivity index (χ0v) is 13.5. The van der Waals surface area contributed by atoms with Crippen LogP contribution in [0.2, 0.25) is 5.02 Å². The van der Waals surface area contributed by atoms with E-state index in [0.717, 1.165) is 27.1 Å². The van der Waals surface area contributed by atoms with E-state index < -0.39 is 0 Å². The average molecular weight is 390 g/mol. The van der Waals surface area contributed by atoms with E-state index >= 15 is 0 Å². The number of hydrogen-bond acceptors (Lipinski definition) is 1. The van der Waals surface area contributed by atoms with Crippen LogP contribution < -0.4 is 5.32 Å². The summed E-state index contributed by atoms with van der Waals surface area (Å²) >= 11 is 13.0. The third kappa shape index (κ3) is 3.82. The van der Waals surface area contributed by atoms with Gasteiger partial charge in [-0.25, -0.2) is 0 Å². The Labute approximate surface area is 129 Å². The largest absolute Gasteiger partial charge is 0.309 e. The topological polar surface area (TPSA) is 12.0 Å². The molecule has 2 aromatic rings. The lowest BCUT2D eigenvalue weighted by atomic mass is 10.2. The molecule has 0 unspecified atom stereocenters. The molecule has 1 nitrogen and oxygen atoms in total. The highest BCUT2D eigenvalue weighted by Gasteiger charge is 2.02. The van der Waals surface area contributed by atoms with Gasteiger partial charge in [0.1, 0.15) is 0 Å². The smallest absolute Gasteiger partial charge is 0.0417 e. The van der Waals surface area contributed by atoms with Gasteiger partial charge in [0.25, 0.3) is 0 Å². The van der Waals surface area contributed by atoms with Crippen LogP contribution in [0.15, 0.2) is 51.4 Å². The highest BCUT2D eigenvalue weighted by atomic mass is 79.9. The number of hydrogen-bond donors (Lipinski definition) is 1. The molecule has 94 valence electrons. The van der Waals surface area contributed by atoms with Crippen molar-refractivity contribution in [3.05, 3.63) is 67.6 Å². The fraction of sp³-hybridized carbons (Fsp3) is 0.143. The second-order valence-corrected chi connectivity index (χ2v) is 6.08. The van der Waals surface area contributed by atoms with Gasteiger partial charge in [-0.2, -0.15) is 0 Å². The van der Waals surface area contributed by atoms with E-state index in [0.29, 0.717) is 0 Å². The first-order chi connectivity index (χ1) is 8.66. The Morgan fingerprint density at radius 2 is 1.56 bits per heavy atom. The zero-order valence-electron chi connectivity index (χ0n) is 9.59. The lowest BCUT2D eigenvalue weighted by Gasteiger charge is -2.08. The molecule has 0 amide bonds. The molecule has 0 radical (unpaired) electrons. The summed E-state index contributed by atoms with van der Waals surface area (Å²) in [6.07, 6.45) is 0. The Balaban J connectivity index is 1.95. The lowest BCUT2D eigenvalue weighted by molar-refractivity contribution is 0.690. The molecule has 0 saturated heterocycles. The van der Waals surface area contributed by atoms with Gasteiger partial charge in [0, 0.05) is 27.1 Å². The summed E-state index contributed by atoms with van der Waals surface area (Å²) in [4.78, 5) is 0. The fourth-order valence-electron chi connectivity index (χ4n) is 1.64. The minimum atomic E-state index is 0.747. The Morgan fingerprint density at radius 3 is 2.22 bits per heavy atom. The standard InChI is InChI=1S/C14H12Br2ClN/c15-13-4-2-1-3-10(13)8-18-9-11-5-6-12(17)7-14(11)16/h1-7,18H,8-9H2. The minimum absolute atomic E-state index is 0.747. The second kappa shape index (κ2) is 6.71. The van der Waals surface area contributed by atoms with Crippen molar-refractivity contribution in [3.63, 3.8) is 0 Å². The molecular weight excluding hydrogens is 377 g/mol. The van der Waals surface area contributed by atoms with Crippen LogP contribution in [0.25, 0.3) is 0 Å². The molecule has 0 spiro atoms. The SMILES string of the molecule is Clc1ccc(CNCc2ccccc2Br)c(Br)c1. The quantitative estimate of drug-likeness (QED) is 0.762. The normalized spacial score (nSPS) is 10.6. The Morgan fingerprint density at radius 1 is 0.889 bits per heavy atom. The maximum Gasteiger partial charge on any atom is 0.0417 e. The van der Waals surface area contributed by atoms with E-state index in [1.807, 2.05) is 30.3 Å². The van der Waals surface area contributed by atoms with Crippen molar-refractivity contribution >= 4 is 43.5 Å². The molecule has 0 aliphatic carbocycles. The van der Waals surface area contributed by atoms with Gasteiger partial charge in [-0.05, 0) is 29.3 Å². The number of rotatable bonds is 4. The van der Waals surface area contributed by atoms with E-state index in [4.69, 9.17) is 11.6 Å². The van der Waals surface area contributed by atoms with Crippen LogP contribution in [-0.4, -0.2) is 0 Å². The molecule has 0 heterocycles. The van der Waals surface area contributed by atoms with Gasteiger partial charge >= 0.3 is 0 Å². The Hall–Kier alpha value is -0.350. The Kier molecular flexibility index (Phi) is 5.25. The van der Waals surface area contributed by atoms with E-state index in [1.165, 1.54) is 11.1 Å². The van der Waals surface area contributed by atoms with Crippen LogP contribution in [-0.2, 0) is 13.1 Å². The van der Waals surface area contributed by atoms with Crippen LogP contribution in [0.5, 0.6) is 0 Å². The van der Waals surface area contributed by atoms with E-state index in [2.05, 4.69) is 49.3 Å². The molecule has 2 rings (SSSR count). The van der Waals surface area contributed by atoms with Gasteiger partial charge < -0.3 is 5.32 Å². The number of halogens is 3. The average Bonchev–Trinajstić information content (AvgIpc) is 2.34. The van der Waals surface area contributed by atoms with Crippen molar-refractivity contribution in [3.8, 4) is 0 Å². The molecule has 0 aromatic heterocycles. The summed E-state index contributed by atoms with van der Waals surface area (Å²) in [5, 5.41) is 4.16. The summed E-state index contributed by atoms with van der Waals surface area (Å²) in [6, 6.07) is 14.1. The van der Waals surface area contributed by atoms with Gasteiger partial charge in [0.15, 0.2) is 0 Å². The maximum atomic E-state index is 5.91. The summed E-state index contributed by atoms with van der Waals surface area (Å²) in [5.41, 5.74) is 2.45. The maximum absolute atomic E-state index is 5.91. The van der Waals surface area contributed by atoms with Crippen LogP contribution in [0, 0.1) is 0 Å². The van der Waals surface area contributed by atoms with Crippen molar-refractivity contribution in [2.24, 2.45) is 0 Å². The van der Waals surface area contributed by atoms with Crippen molar-refractivity contribution in [2.45, 2.75) is 13.1 Å². The van der Waals surface area contributed by atoms with E-state index in [-0.39, 0.29) is 0 Å². The molecular formula is C14H12Br2ClN. The molecule has 18 heavy (non-hydrogen) atoms. The first-order valence-corrected chi connectivity index (χ1v) is 7.51. The molecule has 2 aromatic carbocycles. The van der Waals surface area contributed by atoms with Gasteiger partial charge in [-0.1, -0.05) is 67.7 Å². The summed E-state index contributed by atoms with van der Waals surface area (Å²) < 4.78 is 2.17. The van der Waals surface area contributed by atoms with Gasteiger partial charge in [0.05, 0.1) is 0 Å². The molecule has 0 fully saturated rings. The molecule has 1 N–H and O–H groups in total. The molecule has 0 aliphatic heterocycles. The van der Waals surface area contributed by atoms with Crippen molar-refractivity contribution in [2.75, 3.05) is 0 Å². The molecule has 0 atom stereocenters. The van der Waals surface area contributed by atoms with Gasteiger partial charge in [-0.15, -0.1) is 0 Å². The molecule has 0 saturated carbocycles. The third-order valence-corrected chi connectivity index (χ3v) is 4.35. The van der Waals surface area contributed by atoms with Crippen LogP contribution >= 0.6 is 43.5 Å². The van der Waals surface area contributed by atoms with Crippen molar-refractivity contribution in [1.29, 1.82) is 0 Å². The number of nitrogens with one attached hydrogen (secondary N) is 1. The Bertz CT molecular complexity index is 543. The number of benzene rings is 2. The van der Waals surface area contributed by atoms with E-state index in [9.17, 15) is 0 Å². The van der Waals surface area contributed by atoms with Crippen molar-refractivity contribution in [1.82, 2.24) is 5.32 Å². The molecule has 0 bridgehead atoms. The van der Waals surface area contributed by atoms with Gasteiger partial charge in [0.2, 0.25) is 0 Å². The lowest BCUT2D eigenvalue weighted by Crippen LogP contribution is -2.13. The van der Waals surface area contributed by atoms with Crippen LogP contribution in [0.3, 0.4) is 0 Å². The summed E-state index contributed by atoms with van der Waals surface area (Å²) in [7, 11) is 0. The first-order valence-electron chi connectivity index (χ1n) is 5.55. The second-order valence-electron chi connectivity index (χ2n) is 3.93. The highest BCUT2D eigenvalue weighted by Crippen LogP contribution is 2.21. The molecule has 4 heteroatoms. The fourth-order valence-corrected chi connectivity index (χ4v) is 2.89. The third-order valence-electron chi connectivity index (χ3n) is 2.60. The molecule has 0 aliphatic rings. The first kappa shape index (κ1) is 14.1. The zero-order chi connectivity index (χ0) is 13.0. The van der Waals surface area contributed by atoms with Crippen LogP contribution in [0.1, 0.15) is 11.1 Å². The summed E-state index contributed by atoms with van der Waals surface area (Å²) in [6.45, 7) is 1.63. The van der Waals surface area contributed by atoms with Gasteiger partial charge in [-0.3, -0.25) is 0 Å². The monoisotopic (exact) mass is 387 g/mol. The minimum Gasteiger partial charge on any atom is -0.309 e. The predicted octanol–water partition coefficient (Wildman–Crippen LogP) is 5.15. The van der Waals surface area contributed by atoms with E-state index in [1.54, 1.807) is 0 Å². The van der Waals surface area contributed by atoms with Crippen molar-refractivity contribution < 1.29 is 0 Å². The summed E-state index contributed by atoms with van der Waals surface area (Å²) in [5.74, 6) is 0. The predicted molar refractivity (Wildman–Crippen MR) is 83.8 cm³/mol. The van der Waals surface area contributed by atoms with Crippen LogP contribution in [0.4, 0.5) is 0 Å². The highest BCUT2D eigenvalue weighted by molar-refractivity contribution is 9.10.